The highest BCUT2D eigenvalue weighted by Gasteiger charge is 2.15. The number of rotatable bonds is 0. The SMILES string of the molecule is C1=CC2C=CN=C2CC1. The van der Waals surface area contributed by atoms with E-state index in [2.05, 4.69) is 23.2 Å². The Balaban J connectivity index is 2.31. The third-order valence-electron chi connectivity index (χ3n) is 1.83. The molecular weight excluding hydrogens is 110 g/mol. The van der Waals surface area contributed by atoms with Crippen molar-refractivity contribution in [1.29, 1.82) is 0 Å². The molecule has 1 heteroatoms. The van der Waals surface area contributed by atoms with Gasteiger partial charge in [0.1, 0.15) is 0 Å². The van der Waals surface area contributed by atoms with E-state index in [1.165, 1.54) is 12.1 Å². The van der Waals surface area contributed by atoms with Gasteiger partial charge in [0.2, 0.25) is 0 Å². The average Bonchev–Trinajstić information content (AvgIpc) is 2.33. The molecule has 2 rings (SSSR count). The number of fused-ring (bicyclic) bond motifs is 1. The summed E-state index contributed by atoms with van der Waals surface area (Å²) in [5, 5.41) is 0. The van der Waals surface area contributed by atoms with Crippen LogP contribution in [0.1, 0.15) is 12.8 Å². The van der Waals surface area contributed by atoms with Crippen LogP contribution < -0.4 is 0 Å². The highest BCUT2D eigenvalue weighted by atomic mass is 14.7. The summed E-state index contributed by atoms with van der Waals surface area (Å²) in [5.74, 6) is 0.554. The van der Waals surface area contributed by atoms with Crippen LogP contribution in [0.25, 0.3) is 0 Å². The summed E-state index contributed by atoms with van der Waals surface area (Å²) in [7, 11) is 0. The second kappa shape index (κ2) is 1.83. The topological polar surface area (TPSA) is 12.4 Å². The molecule has 0 amide bonds. The second-order valence-corrected chi connectivity index (χ2v) is 2.45. The first-order valence-corrected chi connectivity index (χ1v) is 3.37. The smallest absolute Gasteiger partial charge is 0.0351 e. The molecule has 0 N–H and O–H groups in total. The fourth-order valence-corrected chi connectivity index (χ4v) is 1.31. The Morgan fingerprint density at radius 3 is 3.33 bits per heavy atom. The monoisotopic (exact) mass is 119 g/mol. The first-order chi connectivity index (χ1) is 4.47. The number of aliphatic imine (C=N–C) groups is 1. The van der Waals surface area contributed by atoms with Crippen molar-refractivity contribution in [1.82, 2.24) is 0 Å². The van der Waals surface area contributed by atoms with Gasteiger partial charge in [0.05, 0.1) is 0 Å². The first kappa shape index (κ1) is 4.98. The highest BCUT2D eigenvalue weighted by Crippen LogP contribution is 2.20. The van der Waals surface area contributed by atoms with Gasteiger partial charge in [-0.15, -0.1) is 0 Å². The van der Waals surface area contributed by atoms with Crippen LogP contribution in [0, 0.1) is 5.92 Å². The molecule has 0 saturated carbocycles. The molecule has 0 spiro atoms. The van der Waals surface area contributed by atoms with Crippen LogP contribution in [0.2, 0.25) is 0 Å². The summed E-state index contributed by atoms with van der Waals surface area (Å²) in [6.07, 6.45) is 10.9. The molecule has 0 aromatic rings. The maximum Gasteiger partial charge on any atom is 0.0351 e. The van der Waals surface area contributed by atoms with Crippen molar-refractivity contribution < 1.29 is 0 Å². The van der Waals surface area contributed by atoms with Gasteiger partial charge in [-0.25, -0.2) is 0 Å². The Hall–Kier alpha value is -0.850. The normalized spacial score (nSPS) is 30.2. The van der Waals surface area contributed by atoms with Gasteiger partial charge in [0.15, 0.2) is 0 Å². The molecule has 1 aliphatic heterocycles. The standard InChI is InChI=1S/C8H9N/c1-2-4-8-7(3-1)5-6-9-8/h1,3,5-7H,2,4H2. The van der Waals surface area contributed by atoms with Crippen molar-refractivity contribution in [2.45, 2.75) is 12.8 Å². The molecule has 0 radical (unpaired) electrons. The highest BCUT2D eigenvalue weighted by molar-refractivity contribution is 5.92. The summed E-state index contributed by atoms with van der Waals surface area (Å²) in [6, 6.07) is 0. The van der Waals surface area contributed by atoms with Crippen LogP contribution >= 0.6 is 0 Å². The van der Waals surface area contributed by atoms with Gasteiger partial charge in [-0.2, -0.15) is 0 Å². The number of allylic oxidation sites excluding steroid dienone is 3. The van der Waals surface area contributed by atoms with Crippen LogP contribution in [-0.4, -0.2) is 5.71 Å². The Kier molecular flexibility index (Phi) is 1.01. The zero-order valence-corrected chi connectivity index (χ0v) is 5.25. The first-order valence-electron chi connectivity index (χ1n) is 3.37. The molecule has 1 heterocycles. The van der Waals surface area contributed by atoms with Gasteiger partial charge < -0.3 is 0 Å². The van der Waals surface area contributed by atoms with Gasteiger partial charge >= 0.3 is 0 Å². The van der Waals surface area contributed by atoms with E-state index >= 15 is 0 Å². The molecular formula is C8H9N. The molecule has 0 saturated heterocycles. The van der Waals surface area contributed by atoms with Crippen LogP contribution in [-0.2, 0) is 0 Å². The summed E-state index contributed by atoms with van der Waals surface area (Å²) in [5.41, 5.74) is 1.34. The number of nitrogens with zero attached hydrogens (tertiary/aromatic N) is 1. The second-order valence-electron chi connectivity index (χ2n) is 2.45. The average molecular weight is 119 g/mol. The lowest BCUT2D eigenvalue weighted by Crippen LogP contribution is -2.09. The summed E-state index contributed by atoms with van der Waals surface area (Å²) >= 11 is 0. The van der Waals surface area contributed by atoms with E-state index in [1.54, 1.807) is 0 Å². The zero-order chi connectivity index (χ0) is 6.10. The van der Waals surface area contributed by atoms with E-state index < -0.39 is 0 Å². The largest absolute Gasteiger partial charge is 0.265 e. The van der Waals surface area contributed by atoms with Crippen molar-refractivity contribution in [2.75, 3.05) is 0 Å². The van der Waals surface area contributed by atoms with Gasteiger partial charge in [0, 0.05) is 17.8 Å². The quantitative estimate of drug-likeness (QED) is 0.432. The van der Waals surface area contributed by atoms with E-state index in [4.69, 9.17) is 0 Å². The number of hydrogen-bond acceptors (Lipinski definition) is 1. The third-order valence-corrected chi connectivity index (χ3v) is 1.83. The van der Waals surface area contributed by atoms with Crippen molar-refractivity contribution in [3.05, 3.63) is 24.4 Å². The van der Waals surface area contributed by atoms with Gasteiger partial charge in [0.25, 0.3) is 0 Å². The minimum Gasteiger partial charge on any atom is -0.265 e. The fourth-order valence-electron chi connectivity index (χ4n) is 1.31. The van der Waals surface area contributed by atoms with Gasteiger partial charge in [-0.1, -0.05) is 18.2 Å². The molecule has 9 heavy (non-hydrogen) atoms. The van der Waals surface area contributed by atoms with Crippen LogP contribution in [0.3, 0.4) is 0 Å². The summed E-state index contributed by atoms with van der Waals surface area (Å²) < 4.78 is 0. The molecule has 0 aromatic heterocycles. The van der Waals surface area contributed by atoms with E-state index in [-0.39, 0.29) is 0 Å². The molecule has 1 nitrogen and oxygen atoms in total. The number of hydrogen-bond donors (Lipinski definition) is 0. The lowest BCUT2D eigenvalue weighted by Gasteiger charge is -2.10. The molecule has 2 aliphatic rings. The maximum absolute atomic E-state index is 4.24. The van der Waals surface area contributed by atoms with Crippen molar-refractivity contribution >= 4 is 5.71 Å². The maximum atomic E-state index is 4.24. The third kappa shape index (κ3) is 0.727. The van der Waals surface area contributed by atoms with Crippen molar-refractivity contribution in [2.24, 2.45) is 10.9 Å². The molecule has 1 unspecified atom stereocenters. The minimum absolute atomic E-state index is 0.554. The Bertz CT molecular complexity index is 199. The predicted octanol–water partition coefficient (Wildman–Crippen LogP) is 1.92. The molecule has 46 valence electrons. The van der Waals surface area contributed by atoms with E-state index in [1.807, 2.05) is 6.20 Å². The summed E-state index contributed by atoms with van der Waals surface area (Å²) in [4.78, 5) is 4.24. The summed E-state index contributed by atoms with van der Waals surface area (Å²) in [6.45, 7) is 0. The lowest BCUT2D eigenvalue weighted by atomic mass is 9.95. The lowest BCUT2D eigenvalue weighted by molar-refractivity contribution is 0.962. The minimum atomic E-state index is 0.554. The van der Waals surface area contributed by atoms with E-state index in [9.17, 15) is 0 Å². The zero-order valence-electron chi connectivity index (χ0n) is 5.25. The van der Waals surface area contributed by atoms with Gasteiger partial charge in [-0.3, -0.25) is 4.99 Å². The van der Waals surface area contributed by atoms with Gasteiger partial charge in [-0.05, 0) is 12.8 Å². The molecule has 0 bridgehead atoms. The van der Waals surface area contributed by atoms with Crippen molar-refractivity contribution in [3.8, 4) is 0 Å². The van der Waals surface area contributed by atoms with E-state index in [0.717, 1.165) is 6.42 Å². The molecule has 0 fully saturated rings. The van der Waals surface area contributed by atoms with Crippen molar-refractivity contribution in [3.63, 3.8) is 0 Å². The Labute approximate surface area is 54.8 Å². The molecule has 1 aliphatic carbocycles. The fraction of sp³-hybridized carbons (Fsp3) is 0.375. The molecule has 0 aromatic carbocycles. The Morgan fingerprint density at radius 2 is 2.44 bits per heavy atom. The van der Waals surface area contributed by atoms with Crippen LogP contribution in [0.5, 0.6) is 0 Å². The van der Waals surface area contributed by atoms with E-state index in [0.29, 0.717) is 5.92 Å². The Morgan fingerprint density at radius 1 is 1.44 bits per heavy atom. The van der Waals surface area contributed by atoms with Crippen LogP contribution in [0.15, 0.2) is 29.4 Å². The predicted molar refractivity (Wildman–Crippen MR) is 38.4 cm³/mol. The van der Waals surface area contributed by atoms with Crippen LogP contribution in [0.4, 0.5) is 0 Å². The molecule has 1 atom stereocenters.